The predicted octanol–water partition coefficient (Wildman–Crippen LogP) is 5.66. The van der Waals surface area contributed by atoms with E-state index in [1.165, 1.54) is 11.3 Å². The Morgan fingerprint density at radius 1 is 1.07 bits per heavy atom. The molecule has 1 aromatic heterocycles. The first-order valence-corrected chi connectivity index (χ1v) is 10.6. The van der Waals surface area contributed by atoms with Gasteiger partial charge in [-0.15, -0.1) is 11.3 Å². The smallest absolute Gasteiger partial charge is 0.348 e. The van der Waals surface area contributed by atoms with E-state index in [9.17, 15) is 9.59 Å². The van der Waals surface area contributed by atoms with Gasteiger partial charge >= 0.3 is 5.97 Å². The Hall–Kier alpha value is -2.63. The highest BCUT2D eigenvalue weighted by Crippen LogP contribution is 2.25. The molecule has 1 heterocycles. The number of rotatable bonds is 7. The molecule has 6 heteroatoms. The number of thiophene rings is 1. The third-order valence-corrected chi connectivity index (χ3v) is 5.95. The molecule has 29 heavy (non-hydrogen) atoms. The summed E-state index contributed by atoms with van der Waals surface area (Å²) >= 11 is 7.29. The van der Waals surface area contributed by atoms with Gasteiger partial charge in [-0.25, -0.2) is 4.79 Å². The zero-order valence-electron chi connectivity index (χ0n) is 16.3. The van der Waals surface area contributed by atoms with Gasteiger partial charge in [0, 0.05) is 15.5 Å². The Balaban J connectivity index is 1.72. The van der Waals surface area contributed by atoms with Crippen LogP contribution in [0.5, 0.6) is 0 Å². The zero-order valence-corrected chi connectivity index (χ0v) is 17.8. The van der Waals surface area contributed by atoms with Gasteiger partial charge < -0.3 is 10.1 Å². The topological polar surface area (TPSA) is 55.4 Å². The molecule has 1 N–H and O–H groups in total. The van der Waals surface area contributed by atoms with E-state index >= 15 is 0 Å². The van der Waals surface area contributed by atoms with Gasteiger partial charge in [0.1, 0.15) is 4.88 Å². The van der Waals surface area contributed by atoms with Gasteiger partial charge in [-0.05, 0) is 61.7 Å². The number of halogens is 1. The molecular weight excluding hydrogens is 406 g/mol. The first-order valence-electron chi connectivity index (χ1n) is 9.38. The Morgan fingerprint density at radius 2 is 1.79 bits per heavy atom. The van der Waals surface area contributed by atoms with E-state index in [1.807, 2.05) is 61.5 Å². The molecule has 0 aliphatic carbocycles. The van der Waals surface area contributed by atoms with Crippen LogP contribution in [0, 0.1) is 0 Å². The summed E-state index contributed by atoms with van der Waals surface area (Å²) in [5, 5.41) is 3.72. The van der Waals surface area contributed by atoms with Crippen LogP contribution < -0.4 is 5.32 Å². The van der Waals surface area contributed by atoms with Gasteiger partial charge in [-0.3, -0.25) is 4.79 Å². The molecule has 0 aliphatic heterocycles. The van der Waals surface area contributed by atoms with Gasteiger partial charge in [-0.1, -0.05) is 41.9 Å². The molecule has 0 radical (unpaired) electrons. The van der Waals surface area contributed by atoms with Crippen molar-refractivity contribution in [1.29, 1.82) is 0 Å². The van der Waals surface area contributed by atoms with Crippen LogP contribution in [0.15, 0.2) is 60.7 Å². The van der Waals surface area contributed by atoms with Crippen molar-refractivity contribution >= 4 is 34.8 Å². The average molecular weight is 428 g/mol. The fourth-order valence-corrected chi connectivity index (χ4v) is 3.99. The largest absolute Gasteiger partial charge is 0.462 e. The minimum Gasteiger partial charge on any atom is -0.462 e. The van der Waals surface area contributed by atoms with E-state index in [4.69, 9.17) is 16.3 Å². The summed E-state index contributed by atoms with van der Waals surface area (Å²) in [5.74, 6) is -0.483. The van der Waals surface area contributed by atoms with E-state index in [0.717, 1.165) is 16.0 Å². The maximum atomic E-state index is 12.9. The lowest BCUT2D eigenvalue weighted by molar-refractivity contribution is 0.0532. The lowest BCUT2D eigenvalue weighted by Gasteiger charge is -2.15. The third kappa shape index (κ3) is 5.46. The van der Waals surface area contributed by atoms with E-state index < -0.39 is 0 Å². The number of ether oxygens (including phenoxy) is 1. The van der Waals surface area contributed by atoms with Crippen molar-refractivity contribution in [3.05, 3.63) is 92.1 Å². The van der Waals surface area contributed by atoms with Gasteiger partial charge in [0.25, 0.3) is 5.91 Å². The summed E-state index contributed by atoms with van der Waals surface area (Å²) < 4.78 is 5.03. The SMILES string of the molecule is CCOC(=O)c1ccc(C(C)NC(=O)c2ccccc2Cc2ccc(Cl)cc2)s1. The Bertz CT molecular complexity index is 997. The normalized spacial score (nSPS) is 11.7. The van der Waals surface area contributed by atoms with Crippen molar-refractivity contribution < 1.29 is 14.3 Å². The van der Waals surface area contributed by atoms with Crippen molar-refractivity contribution in [3.63, 3.8) is 0 Å². The zero-order chi connectivity index (χ0) is 20.8. The molecule has 1 unspecified atom stereocenters. The minimum absolute atomic E-state index is 0.145. The summed E-state index contributed by atoms with van der Waals surface area (Å²) in [6.07, 6.45) is 0.640. The van der Waals surface area contributed by atoms with Crippen LogP contribution in [-0.4, -0.2) is 18.5 Å². The van der Waals surface area contributed by atoms with Crippen LogP contribution in [0.1, 0.15) is 55.9 Å². The van der Waals surface area contributed by atoms with E-state index in [2.05, 4.69) is 5.32 Å². The number of amides is 1. The molecule has 0 bridgehead atoms. The standard InChI is InChI=1S/C23H22ClNO3S/c1-3-28-23(27)21-13-12-20(29-21)15(2)25-22(26)19-7-5-4-6-17(19)14-16-8-10-18(24)11-9-16/h4-13,15H,3,14H2,1-2H3,(H,25,26). The number of esters is 1. The molecule has 3 aromatic rings. The highest BCUT2D eigenvalue weighted by molar-refractivity contribution is 7.14. The number of benzene rings is 2. The fraction of sp³-hybridized carbons (Fsp3) is 0.217. The molecule has 0 aliphatic rings. The van der Waals surface area contributed by atoms with Crippen molar-refractivity contribution in [2.75, 3.05) is 6.61 Å². The van der Waals surface area contributed by atoms with Gasteiger partial charge in [-0.2, -0.15) is 0 Å². The number of carbonyl (C=O) groups excluding carboxylic acids is 2. The van der Waals surface area contributed by atoms with Crippen LogP contribution in [0.2, 0.25) is 5.02 Å². The van der Waals surface area contributed by atoms with Crippen LogP contribution >= 0.6 is 22.9 Å². The number of hydrogen-bond donors (Lipinski definition) is 1. The monoisotopic (exact) mass is 427 g/mol. The predicted molar refractivity (Wildman–Crippen MR) is 117 cm³/mol. The summed E-state index contributed by atoms with van der Waals surface area (Å²) in [7, 11) is 0. The minimum atomic E-state index is -0.337. The maximum Gasteiger partial charge on any atom is 0.348 e. The second-order valence-electron chi connectivity index (χ2n) is 6.58. The summed E-state index contributed by atoms with van der Waals surface area (Å²) in [4.78, 5) is 26.2. The molecule has 2 aromatic carbocycles. The third-order valence-electron chi connectivity index (χ3n) is 4.45. The van der Waals surface area contributed by atoms with Crippen molar-refractivity contribution in [2.45, 2.75) is 26.3 Å². The average Bonchev–Trinajstić information content (AvgIpc) is 3.21. The molecule has 3 rings (SSSR count). The lowest BCUT2D eigenvalue weighted by atomic mass is 9.99. The van der Waals surface area contributed by atoms with Gasteiger partial charge in [0.05, 0.1) is 12.6 Å². The number of carbonyl (C=O) groups is 2. The first-order chi connectivity index (χ1) is 14.0. The summed E-state index contributed by atoms with van der Waals surface area (Å²) in [5.41, 5.74) is 2.66. The van der Waals surface area contributed by atoms with Crippen molar-refractivity contribution in [1.82, 2.24) is 5.32 Å². The van der Waals surface area contributed by atoms with Crippen molar-refractivity contribution in [3.8, 4) is 0 Å². The van der Waals surface area contributed by atoms with Crippen LogP contribution in [0.4, 0.5) is 0 Å². The molecule has 4 nitrogen and oxygen atoms in total. The number of hydrogen-bond acceptors (Lipinski definition) is 4. The molecule has 150 valence electrons. The van der Waals surface area contributed by atoms with Crippen molar-refractivity contribution in [2.24, 2.45) is 0 Å². The molecule has 0 fully saturated rings. The Kier molecular flexibility index (Phi) is 7.07. The van der Waals surface area contributed by atoms with Crippen LogP contribution in [0.3, 0.4) is 0 Å². The van der Waals surface area contributed by atoms with Crippen LogP contribution in [0.25, 0.3) is 0 Å². The van der Waals surface area contributed by atoms with E-state index in [-0.39, 0.29) is 17.9 Å². The Morgan fingerprint density at radius 3 is 2.52 bits per heavy atom. The van der Waals surface area contributed by atoms with E-state index in [0.29, 0.717) is 28.5 Å². The highest BCUT2D eigenvalue weighted by atomic mass is 35.5. The molecule has 0 saturated carbocycles. The fourth-order valence-electron chi connectivity index (χ4n) is 2.96. The maximum absolute atomic E-state index is 12.9. The molecule has 1 atom stereocenters. The van der Waals surface area contributed by atoms with Gasteiger partial charge in [0.15, 0.2) is 0 Å². The number of nitrogens with one attached hydrogen (secondary N) is 1. The molecule has 0 spiro atoms. The van der Waals surface area contributed by atoms with E-state index in [1.54, 1.807) is 13.0 Å². The quantitative estimate of drug-likeness (QED) is 0.495. The first kappa shape index (κ1) is 21.1. The summed E-state index contributed by atoms with van der Waals surface area (Å²) in [6.45, 7) is 4.01. The second-order valence-corrected chi connectivity index (χ2v) is 8.13. The highest BCUT2D eigenvalue weighted by Gasteiger charge is 2.18. The molecular formula is C23H22ClNO3S. The molecule has 1 amide bonds. The van der Waals surface area contributed by atoms with Gasteiger partial charge in [0.2, 0.25) is 0 Å². The Labute approximate surface area is 179 Å². The van der Waals surface area contributed by atoms with Crippen LogP contribution in [-0.2, 0) is 11.2 Å². The summed E-state index contributed by atoms with van der Waals surface area (Å²) in [6, 6.07) is 18.5. The molecule has 0 saturated heterocycles. The lowest BCUT2D eigenvalue weighted by Crippen LogP contribution is -2.27. The second kappa shape index (κ2) is 9.72.